The van der Waals surface area contributed by atoms with E-state index in [0.717, 1.165) is 32.1 Å². The molecule has 1 aromatic heterocycles. The molecule has 2 N–H and O–H groups in total. The van der Waals surface area contributed by atoms with Crippen LogP contribution in [0, 0.1) is 10.1 Å². The molecule has 0 radical (unpaired) electrons. The summed E-state index contributed by atoms with van der Waals surface area (Å²) in [6, 6.07) is 0.136. The Kier molecular flexibility index (Phi) is 5.71. The summed E-state index contributed by atoms with van der Waals surface area (Å²) in [5.74, 6) is -0.179. The van der Waals surface area contributed by atoms with Crippen molar-refractivity contribution >= 4 is 24.0 Å². The van der Waals surface area contributed by atoms with E-state index < -0.39 is 4.92 Å². The quantitative estimate of drug-likeness (QED) is 0.604. The van der Waals surface area contributed by atoms with Gasteiger partial charge in [-0.05, 0) is 19.4 Å². The molecule has 9 heteroatoms. The van der Waals surface area contributed by atoms with Gasteiger partial charge in [-0.25, -0.2) is 0 Å². The summed E-state index contributed by atoms with van der Waals surface area (Å²) in [6.07, 6.45) is 4.38. The first-order valence-electron chi connectivity index (χ1n) is 5.82. The number of nitro groups is 1. The van der Waals surface area contributed by atoms with Gasteiger partial charge in [0.25, 0.3) is 0 Å². The van der Waals surface area contributed by atoms with Gasteiger partial charge in [-0.3, -0.25) is 19.6 Å². The monoisotopic (exact) mass is 289 g/mol. The molecular weight excluding hydrogens is 274 g/mol. The molecule has 1 saturated heterocycles. The molecule has 0 aliphatic carbocycles. The van der Waals surface area contributed by atoms with Crippen LogP contribution in [0.1, 0.15) is 12.8 Å². The van der Waals surface area contributed by atoms with Gasteiger partial charge in [0, 0.05) is 12.6 Å². The molecule has 2 rings (SSSR count). The maximum atomic E-state index is 11.7. The molecular formula is C10H16ClN5O3. The van der Waals surface area contributed by atoms with Crippen molar-refractivity contribution in [2.24, 2.45) is 0 Å². The first-order valence-corrected chi connectivity index (χ1v) is 5.82. The van der Waals surface area contributed by atoms with Crippen LogP contribution in [-0.2, 0) is 11.3 Å². The maximum absolute atomic E-state index is 11.7. The molecule has 0 bridgehead atoms. The minimum absolute atomic E-state index is 0. The number of nitrogens with zero attached hydrogens (tertiary/aromatic N) is 3. The number of halogens is 1. The van der Waals surface area contributed by atoms with E-state index in [1.165, 1.54) is 10.9 Å². The first-order chi connectivity index (χ1) is 8.65. The summed E-state index contributed by atoms with van der Waals surface area (Å²) in [5, 5.41) is 20.3. The van der Waals surface area contributed by atoms with E-state index in [2.05, 4.69) is 15.7 Å². The van der Waals surface area contributed by atoms with Gasteiger partial charge >= 0.3 is 5.69 Å². The van der Waals surface area contributed by atoms with Crippen molar-refractivity contribution in [2.45, 2.75) is 25.4 Å². The van der Waals surface area contributed by atoms with Gasteiger partial charge in [0.15, 0.2) is 0 Å². The summed E-state index contributed by atoms with van der Waals surface area (Å²) in [6.45, 7) is 1.76. The molecule has 0 aromatic carbocycles. The lowest BCUT2D eigenvalue weighted by molar-refractivity contribution is -0.385. The molecule has 2 heterocycles. The van der Waals surface area contributed by atoms with E-state index in [0.29, 0.717) is 0 Å². The minimum atomic E-state index is -0.535. The van der Waals surface area contributed by atoms with Crippen molar-refractivity contribution < 1.29 is 9.72 Å². The molecule has 0 spiro atoms. The molecule has 1 aliphatic heterocycles. The van der Waals surface area contributed by atoms with Gasteiger partial charge in [-0.15, -0.1) is 12.4 Å². The van der Waals surface area contributed by atoms with Crippen molar-refractivity contribution in [3.63, 3.8) is 0 Å². The third-order valence-corrected chi connectivity index (χ3v) is 2.80. The highest BCUT2D eigenvalue weighted by Gasteiger charge is 2.16. The molecule has 8 nitrogen and oxygen atoms in total. The predicted molar refractivity (Wildman–Crippen MR) is 70.2 cm³/mol. The fraction of sp³-hybridized carbons (Fsp3) is 0.600. The second-order valence-electron chi connectivity index (χ2n) is 4.26. The van der Waals surface area contributed by atoms with E-state index in [-0.39, 0.29) is 36.6 Å². The summed E-state index contributed by atoms with van der Waals surface area (Å²) >= 11 is 0. The van der Waals surface area contributed by atoms with Crippen LogP contribution in [0.2, 0.25) is 0 Å². The number of aromatic nitrogens is 2. The molecule has 1 aliphatic rings. The van der Waals surface area contributed by atoms with E-state index in [4.69, 9.17) is 0 Å². The van der Waals surface area contributed by atoms with Gasteiger partial charge in [0.2, 0.25) is 5.91 Å². The van der Waals surface area contributed by atoms with Gasteiger partial charge in [0.05, 0.1) is 4.92 Å². The Morgan fingerprint density at radius 2 is 2.47 bits per heavy atom. The zero-order chi connectivity index (χ0) is 13.0. The number of nitrogens with one attached hydrogen (secondary N) is 2. The summed E-state index contributed by atoms with van der Waals surface area (Å²) < 4.78 is 1.27. The topological polar surface area (TPSA) is 102 Å². The largest absolute Gasteiger partial charge is 0.350 e. The molecule has 1 unspecified atom stereocenters. The van der Waals surface area contributed by atoms with Crippen LogP contribution in [0.5, 0.6) is 0 Å². The Morgan fingerprint density at radius 3 is 3.05 bits per heavy atom. The van der Waals surface area contributed by atoms with Crippen molar-refractivity contribution in [1.82, 2.24) is 20.4 Å². The van der Waals surface area contributed by atoms with Crippen molar-refractivity contribution in [1.29, 1.82) is 0 Å². The molecule has 1 fully saturated rings. The lowest BCUT2D eigenvalue weighted by Gasteiger charge is -2.23. The minimum Gasteiger partial charge on any atom is -0.350 e. The number of hydrogen-bond donors (Lipinski definition) is 2. The normalized spacial score (nSPS) is 18.4. The van der Waals surface area contributed by atoms with E-state index in [1.807, 2.05) is 0 Å². The van der Waals surface area contributed by atoms with Crippen molar-refractivity contribution in [3.05, 3.63) is 22.5 Å². The number of amides is 1. The van der Waals surface area contributed by atoms with Gasteiger partial charge in [-0.1, -0.05) is 0 Å². The number of carbonyl (C=O) groups is 1. The molecule has 106 valence electrons. The third-order valence-electron chi connectivity index (χ3n) is 2.80. The van der Waals surface area contributed by atoms with Gasteiger partial charge in [0.1, 0.15) is 18.9 Å². The number of piperidine rings is 1. The van der Waals surface area contributed by atoms with Crippen LogP contribution >= 0.6 is 12.4 Å². The SMILES string of the molecule is Cl.O=C(Cn1cc([N+](=O)[O-])cn1)NC1CCCNC1. The van der Waals surface area contributed by atoms with E-state index in [1.54, 1.807) is 0 Å². The van der Waals surface area contributed by atoms with Crippen LogP contribution in [0.4, 0.5) is 5.69 Å². The Balaban J connectivity index is 0.00000180. The second-order valence-corrected chi connectivity index (χ2v) is 4.26. The summed E-state index contributed by atoms with van der Waals surface area (Å²) in [7, 11) is 0. The van der Waals surface area contributed by atoms with Crippen molar-refractivity contribution in [3.8, 4) is 0 Å². The standard InChI is InChI=1S/C10H15N5O3.ClH/c16-10(13-8-2-1-3-11-4-8)7-14-6-9(5-12-14)15(17)18;/h5-6,8,11H,1-4,7H2,(H,13,16);1H. The van der Waals surface area contributed by atoms with Crippen LogP contribution < -0.4 is 10.6 Å². The molecule has 1 atom stereocenters. The smallest absolute Gasteiger partial charge is 0.307 e. The molecule has 1 amide bonds. The highest BCUT2D eigenvalue weighted by molar-refractivity contribution is 5.85. The Bertz CT molecular complexity index is 444. The average Bonchev–Trinajstić information content (AvgIpc) is 2.78. The van der Waals surface area contributed by atoms with E-state index in [9.17, 15) is 14.9 Å². The Morgan fingerprint density at radius 1 is 1.68 bits per heavy atom. The third kappa shape index (κ3) is 4.49. The zero-order valence-electron chi connectivity index (χ0n) is 10.2. The van der Waals surface area contributed by atoms with Gasteiger partial charge < -0.3 is 10.6 Å². The predicted octanol–water partition coefficient (Wildman–Crippen LogP) is 0.0813. The van der Waals surface area contributed by atoms with Crippen molar-refractivity contribution in [2.75, 3.05) is 13.1 Å². The second kappa shape index (κ2) is 7.05. The zero-order valence-corrected chi connectivity index (χ0v) is 11.1. The van der Waals surface area contributed by atoms with Crippen LogP contribution in [0.25, 0.3) is 0 Å². The molecule has 19 heavy (non-hydrogen) atoms. The van der Waals surface area contributed by atoms with Crippen LogP contribution in [0.3, 0.4) is 0 Å². The highest BCUT2D eigenvalue weighted by Crippen LogP contribution is 2.07. The first kappa shape index (κ1) is 15.4. The lowest BCUT2D eigenvalue weighted by Crippen LogP contribution is -2.46. The Hall–Kier alpha value is -1.67. The number of rotatable bonds is 4. The lowest BCUT2D eigenvalue weighted by atomic mass is 10.1. The van der Waals surface area contributed by atoms with Crippen LogP contribution in [0.15, 0.2) is 12.4 Å². The maximum Gasteiger partial charge on any atom is 0.307 e. The fourth-order valence-electron chi connectivity index (χ4n) is 1.93. The molecule has 1 aromatic rings. The Labute approximate surface area is 116 Å². The number of carbonyl (C=O) groups excluding carboxylic acids is 1. The van der Waals surface area contributed by atoms with Gasteiger partial charge in [-0.2, -0.15) is 5.10 Å². The summed E-state index contributed by atoms with van der Waals surface area (Å²) in [5.41, 5.74) is -0.109. The number of hydrogen-bond acceptors (Lipinski definition) is 5. The average molecular weight is 290 g/mol. The fourth-order valence-corrected chi connectivity index (χ4v) is 1.93. The van der Waals surface area contributed by atoms with Crippen LogP contribution in [-0.4, -0.2) is 39.7 Å². The molecule has 0 saturated carbocycles. The summed E-state index contributed by atoms with van der Waals surface area (Å²) in [4.78, 5) is 21.6. The van der Waals surface area contributed by atoms with E-state index >= 15 is 0 Å². The highest BCUT2D eigenvalue weighted by atomic mass is 35.5.